The molecule has 1 rings (SSSR count). The Hall–Kier alpha value is -1.23. The second kappa shape index (κ2) is 31.5. The summed E-state index contributed by atoms with van der Waals surface area (Å²) >= 11 is 0. The van der Waals surface area contributed by atoms with E-state index in [1.165, 1.54) is 122 Å². The molecule has 9 nitrogen and oxygen atoms in total. The summed E-state index contributed by atoms with van der Waals surface area (Å²) in [5, 5.41) is 54.1. The third kappa shape index (κ3) is 24.6. The molecule has 1 amide bonds. The molecule has 0 bridgehead atoms. The van der Waals surface area contributed by atoms with Crippen LogP contribution in [0.1, 0.15) is 181 Å². The molecule has 0 aromatic rings. The fraction of sp³-hybridized carbons (Fsp3) is 0.925. The first kappa shape index (κ1) is 45.8. The van der Waals surface area contributed by atoms with Crippen molar-refractivity contribution < 1.29 is 39.8 Å². The van der Waals surface area contributed by atoms with Crippen molar-refractivity contribution in [1.82, 2.24) is 5.32 Å². The highest BCUT2D eigenvalue weighted by Gasteiger charge is 2.34. The molecule has 6 N–H and O–H groups in total. The highest BCUT2D eigenvalue weighted by atomic mass is 16.5. The average molecular weight is 700 g/mol. The van der Waals surface area contributed by atoms with Crippen molar-refractivity contribution in [2.75, 3.05) is 13.2 Å². The minimum atomic E-state index is -1.38. The number of hydrogen-bond acceptors (Lipinski definition) is 8. The lowest BCUT2D eigenvalue weighted by Gasteiger charge is -2.32. The lowest BCUT2D eigenvalue weighted by molar-refractivity contribution is -0.129. The first-order valence-corrected chi connectivity index (χ1v) is 20.4. The molecule has 0 aromatic heterocycles. The smallest absolute Gasteiger partial charge is 0.407 e. The van der Waals surface area contributed by atoms with Gasteiger partial charge in [-0.2, -0.15) is 0 Å². The molecule has 0 saturated heterocycles. The predicted molar refractivity (Wildman–Crippen MR) is 199 cm³/mol. The van der Waals surface area contributed by atoms with Crippen molar-refractivity contribution in [2.24, 2.45) is 0 Å². The highest BCUT2D eigenvalue weighted by molar-refractivity contribution is 5.67. The number of alkyl carbamates (subject to hydrolysis) is 1. The average Bonchev–Trinajstić information content (AvgIpc) is 3.09. The second-order valence-electron chi connectivity index (χ2n) is 14.5. The predicted octanol–water partition coefficient (Wildman–Crippen LogP) is 8.02. The van der Waals surface area contributed by atoms with Crippen LogP contribution in [0, 0.1) is 0 Å². The van der Waals surface area contributed by atoms with Crippen LogP contribution in [0.2, 0.25) is 0 Å². The van der Waals surface area contributed by atoms with Crippen molar-refractivity contribution in [2.45, 2.75) is 223 Å². The van der Waals surface area contributed by atoms with Gasteiger partial charge in [0.05, 0.1) is 43.7 Å². The Balaban J connectivity index is 2.09. The zero-order valence-electron chi connectivity index (χ0n) is 31.5. The standard InChI is InChI=1S/C40H77NO8/c1-3-5-6-7-8-9-10-11-12-13-14-15-16-17-18-19-20-21-22-23-24-27-30-48-40(47)41-34(36(44)31-33(42)4-2)32-49-37-29-26-25-28-35(43)38(45)39(37)46/h25-26,33-39,42-46H,3-24,27-32H2,1-2H3,(H,41,47)/b26-25-. The van der Waals surface area contributed by atoms with E-state index in [0.29, 0.717) is 12.8 Å². The van der Waals surface area contributed by atoms with E-state index >= 15 is 0 Å². The van der Waals surface area contributed by atoms with Crippen LogP contribution in [0.3, 0.4) is 0 Å². The largest absolute Gasteiger partial charge is 0.450 e. The molecule has 7 unspecified atom stereocenters. The van der Waals surface area contributed by atoms with E-state index in [0.717, 1.165) is 19.3 Å². The first-order valence-electron chi connectivity index (χ1n) is 20.4. The van der Waals surface area contributed by atoms with Crippen LogP contribution in [0.25, 0.3) is 0 Å². The van der Waals surface area contributed by atoms with Crippen LogP contribution in [0.5, 0.6) is 0 Å². The molecule has 9 heteroatoms. The van der Waals surface area contributed by atoms with E-state index in [-0.39, 0.29) is 26.1 Å². The summed E-state index contributed by atoms with van der Waals surface area (Å²) in [6.45, 7) is 4.20. The molecule has 0 aromatic carbocycles. The maximum absolute atomic E-state index is 12.5. The lowest BCUT2D eigenvalue weighted by atomic mass is 9.95. The summed E-state index contributed by atoms with van der Waals surface area (Å²) in [4.78, 5) is 12.5. The van der Waals surface area contributed by atoms with Gasteiger partial charge in [0.25, 0.3) is 0 Å². The van der Waals surface area contributed by atoms with Crippen LogP contribution >= 0.6 is 0 Å². The zero-order valence-corrected chi connectivity index (χ0v) is 31.5. The van der Waals surface area contributed by atoms with Crippen molar-refractivity contribution in [3.63, 3.8) is 0 Å². The number of amides is 1. The number of hydrogen-bond donors (Lipinski definition) is 6. The number of unbranched alkanes of at least 4 members (excludes halogenated alkanes) is 21. The highest BCUT2D eigenvalue weighted by Crippen LogP contribution is 2.19. The molecule has 1 aliphatic rings. The van der Waals surface area contributed by atoms with Gasteiger partial charge in [0.2, 0.25) is 0 Å². The lowest BCUT2D eigenvalue weighted by Crippen LogP contribution is -2.51. The number of rotatable bonds is 31. The second-order valence-corrected chi connectivity index (χ2v) is 14.5. The Morgan fingerprint density at radius 2 is 1.12 bits per heavy atom. The molecule has 7 atom stereocenters. The third-order valence-electron chi connectivity index (χ3n) is 10.0. The Labute approximate surface area is 299 Å². The van der Waals surface area contributed by atoms with Gasteiger partial charge in [-0.1, -0.05) is 161 Å². The van der Waals surface area contributed by atoms with Gasteiger partial charge in [-0.25, -0.2) is 4.79 Å². The Morgan fingerprint density at radius 3 is 1.59 bits per heavy atom. The van der Waals surface area contributed by atoms with Gasteiger partial charge in [0.15, 0.2) is 0 Å². The van der Waals surface area contributed by atoms with Crippen molar-refractivity contribution in [3.8, 4) is 0 Å². The summed E-state index contributed by atoms with van der Waals surface area (Å²) in [5.74, 6) is 0. The fourth-order valence-electron chi connectivity index (χ4n) is 6.51. The van der Waals surface area contributed by atoms with E-state index in [1.54, 1.807) is 19.1 Å². The van der Waals surface area contributed by atoms with Gasteiger partial charge in [-0.05, 0) is 25.7 Å². The maximum Gasteiger partial charge on any atom is 0.407 e. The molecular formula is C40H77NO8. The quantitative estimate of drug-likeness (QED) is 0.0315. The van der Waals surface area contributed by atoms with Crippen LogP contribution in [-0.4, -0.2) is 87.5 Å². The minimum Gasteiger partial charge on any atom is -0.450 e. The fourth-order valence-corrected chi connectivity index (χ4v) is 6.51. The van der Waals surface area contributed by atoms with E-state index in [4.69, 9.17) is 9.47 Å². The first-order chi connectivity index (χ1) is 23.8. The van der Waals surface area contributed by atoms with Crippen molar-refractivity contribution in [1.29, 1.82) is 0 Å². The number of carbonyl (C=O) groups is 1. The number of aliphatic hydroxyl groups excluding tert-OH is 5. The van der Waals surface area contributed by atoms with Gasteiger partial charge < -0.3 is 40.3 Å². The zero-order chi connectivity index (χ0) is 36.0. The topological polar surface area (TPSA) is 149 Å². The molecule has 0 radical (unpaired) electrons. The third-order valence-corrected chi connectivity index (χ3v) is 10.0. The van der Waals surface area contributed by atoms with Crippen LogP contribution in [-0.2, 0) is 9.47 Å². The molecular weight excluding hydrogens is 622 g/mol. The summed E-state index contributed by atoms with van der Waals surface area (Å²) in [6, 6.07) is -0.887. The van der Waals surface area contributed by atoms with E-state index in [1.807, 2.05) is 0 Å². The van der Waals surface area contributed by atoms with Crippen LogP contribution < -0.4 is 5.32 Å². The van der Waals surface area contributed by atoms with Crippen molar-refractivity contribution >= 4 is 6.09 Å². The monoisotopic (exact) mass is 700 g/mol. The van der Waals surface area contributed by atoms with Crippen molar-refractivity contribution in [3.05, 3.63) is 12.2 Å². The summed E-state index contributed by atoms with van der Waals surface area (Å²) in [6.07, 6.45) is 26.3. The minimum absolute atomic E-state index is 0.0404. The van der Waals surface area contributed by atoms with E-state index < -0.39 is 48.8 Å². The number of ether oxygens (including phenoxy) is 2. The molecule has 0 fully saturated rings. The molecule has 49 heavy (non-hydrogen) atoms. The van der Waals surface area contributed by atoms with Crippen LogP contribution in [0.15, 0.2) is 12.2 Å². The van der Waals surface area contributed by atoms with Gasteiger partial charge >= 0.3 is 6.09 Å². The number of nitrogens with one attached hydrogen (secondary N) is 1. The molecule has 0 spiro atoms. The van der Waals surface area contributed by atoms with E-state index in [2.05, 4.69) is 12.2 Å². The van der Waals surface area contributed by atoms with Gasteiger partial charge in [-0.15, -0.1) is 0 Å². The van der Waals surface area contributed by atoms with E-state index in [9.17, 15) is 30.3 Å². The number of aliphatic hydroxyl groups is 5. The Kier molecular flexibility index (Phi) is 29.4. The van der Waals surface area contributed by atoms with Gasteiger partial charge in [0, 0.05) is 6.42 Å². The molecule has 1 aliphatic carbocycles. The summed E-state index contributed by atoms with van der Waals surface area (Å²) < 4.78 is 11.2. The molecule has 0 saturated carbocycles. The normalized spacial score (nSPS) is 22.2. The number of carbonyl (C=O) groups excluding carboxylic acids is 1. The summed E-state index contributed by atoms with van der Waals surface area (Å²) in [7, 11) is 0. The molecule has 290 valence electrons. The maximum atomic E-state index is 12.5. The van der Waals surface area contributed by atoms with Crippen LogP contribution in [0.4, 0.5) is 4.79 Å². The van der Waals surface area contributed by atoms with Gasteiger partial charge in [0.1, 0.15) is 12.2 Å². The Bertz CT molecular complexity index is 783. The Morgan fingerprint density at radius 1 is 0.673 bits per heavy atom. The molecule has 0 aliphatic heterocycles. The van der Waals surface area contributed by atoms with Gasteiger partial charge in [-0.3, -0.25) is 0 Å². The SMILES string of the molecule is CCCCCCCCCCCCCCCCCCCCCCCCOC(=O)NC(COC1C/C=C\CC(O)C(O)C1O)C(O)CC(O)CC. The molecule has 0 heterocycles. The summed E-state index contributed by atoms with van der Waals surface area (Å²) in [5.41, 5.74) is 0.